The third kappa shape index (κ3) is 6.12. The van der Waals surface area contributed by atoms with Crippen LogP contribution >= 0.6 is 11.6 Å². The molecule has 5 nitrogen and oxygen atoms in total. The molecule has 0 aliphatic heterocycles. The first kappa shape index (κ1) is 18.8. The molecule has 0 aliphatic rings. The fraction of sp³-hybridized carbons (Fsp3) is 0.263. The van der Waals surface area contributed by atoms with E-state index in [9.17, 15) is 9.59 Å². The van der Waals surface area contributed by atoms with Gasteiger partial charge in [-0.3, -0.25) is 9.59 Å². The lowest BCUT2D eigenvalue weighted by Gasteiger charge is -2.09. The van der Waals surface area contributed by atoms with Crippen molar-refractivity contribution >= 4 is 29.2 Å². The number of nitrogens with one attached hydrogen (secondary N) is 1. The number of carbonyl (C=O) groups excluding carboxylic acids is 2. The molecular formula is C19H20ClNO4. The number of hydrogen-bond donors (Lipinski definition) is 1. The van der Waals surface area contributed by atoms with Crippen LogP contribution < -0.4 is 10.1 Å². The lowest BCUT2D eigenvalue weighted by atomic mass is 10.1. The average molecular weight is 362 g/mol. The van der Waals surface area contributed by atoms with Crippen LogP contribution in [0.2, 0.25) is 5.02 Å². The summed E-state index contributed by atoms with van der Waals surface area (Å²) in [6.07, 6.45) is 0.744. The highest BCUT2D eigenvalue weighted by Gasteiger charge is 2.10. The fourth-order valence-electron chi connectivity index (χ4n) is 2.17. The maximum atomic E-state index is 11.9. The lowest BCUT2D eigenvalue weighted by molar-refractivity contribution is -0.147. The Morgan fingerprint density at radius 2 is 1.84 bits per heavy atom. The van der Waals surface area contributed by atoms with Gasteiger partial charge in [-0.25, -0.2) is 0 Å². The number of halogens is 1. The number of rotatable bonds is 7. The number of amides is 1. The zero-order valence-corrected chi connectivity index (χ0v) is 14.9. The first-order chi connectivity index (χ1) is 12.0. The van der Waals surface area contributed by atoms with Gasteiger partial charge in [0.15, 0.2) is 6.61 Å². The molecule has 2 aromatic carbocycles. The number of hydrogen-bond acceptors (Lipinski definition) is 4. The second kappa shape index (κ2) is 9.08. The molecule has 2 rings (SSSR count). The summed E-state index contributed by atoms with van der Waals surface area (Å²) in [7, 11) is 1.60. The minimum atomic E-state index is -0.422. The number of benzene rings is 2. The Balaban J connectivity index is 1.75. The van der Waals surface area contributed by atoms with Gasteiger partial charge in [0.1, 0.15) is 5.75 Å². The van der Waals surface area contributed by atoms with E-state index in [0.29, 0.717) is 17.1 Å². The zero-order chi connectivity index (χ0) is 18.2. The Bertz CT molecular complexity index is 744. The van der Waals surface area contributed by atoms with Crippen molar-refractivity contribution in [2.24, 2.45) is 0 Å². The van der Waals surface area contributed by atoms with Gasteiger partial charge in [0.25, 0.3) is 5.91 Å². The summed E-state index contributed by atoms with van der Waals surface area (Å²) in [5.74, 6) is -0.0590. The van der Waals surface area contributed by atoms with Crippen molar-refractivity contribution in [2.75, 3.05) is 19.0 Å². The second-order valence-corrected chi connectivity index (χ2v) is 5.95. The molecule has 0 atom stereocenters. The standard InChI is InChI=1S/C19H20ClNO4/c1-13-3-7-15(20)11-17(13)21-18(22)12-25-19(23)10-6-14-4-8-16(24-2)9-5-14/h3-5,7-9,11H,6,10,12H2,1-2H3,(H,21,22). The summed E-state index contributed by atoms with van der Waals surface area (Å²) >= 11 is 5.90. The van der Waals surface area contributed by atoms with E-state index in [-0.39, 0.29) is 13.0 Å². The Morgan fingerprint density at radius 3 is 2.52 bits per heavy atom. The van der Waals surface area contributed by atoms with Crippen LogP contribution in [-0.2, 0) is 20.7 Å². The molecule has 0 radical (unpaired) electrons. The molecular weight excluding hydrogens is 342 g/mol. The summed E-state index contributed by atoms with van der Waals surface area (Å²) in [6, 6.07) is 12.6. The molecule has 0 heterocycles. The molecule has 0 bridgehead atoms. The highest BCUT2D eigenvalue weighted by atomic mass is 35.5. The number of ether oxygens (including phenoxy) is 2. The molecule has 25 heavy (non-hydrogen) atoms. The monoisotopic (exact) mass is 361 g/mol. The molecule has 1 N–H and O–H groups in total. The van der Waals surface area contributed by atoms with Crippen LogP contribution in [0.5, 0.6) is 5.75 Å². The second-order valence-electron chi connectivity index (χ2n) is 5.52. The summed E-state index contributed by atoms with van der Waals surface area (Å²) in [6.45, 7) is 1.53. The van der Waals surface area contributed by atoms with Gasteiger partial charge >= 0.3 is 5.97 Å². The van der Waals surface area contributed by atoms with Gasteiger partial charge in [0, 0.05) is 17.1 Å². The molecule has 0 fully saturated rings. The zero-order valence-electron chi connectivity index (χ0n) is 14.2. The Hall–Kier alpha value is -2.53. The first-order valence-electron chi connectivity index (χ1n) is 7.82. The van der Waals surface area contributed by atoms with E-state index in [1.165, 1.54) is 0 Å². The van der Waals surface area contributed by atoms with Crippen LogP contribution in [0.15, 0.2) is 42.5 Å². The highest BCUT2D eigenvalue weighted by Crippen LogP contribution is 2.20. The molecule has 0 aromatic heterocycles. The van der Waals surface area contributed by atoms with Crippen molar-refractivity contribution < 1.29 is 19.1 Å². The van der Waals surface area contributed by atoms with Gasteiger partial charge in [-0.2, -0.15) is 0 Å². The molecule has 0 unspecified atom stereocenters. The Morgan fingerprint density at radius 1 is 1.12 bits per heavy atom. The van der Waals surface area contributed by atoms with Crippen molar-refractivity contribution in [1.29, 1.82) is 0 Å². The minimum absolute atomic E-state index is 0.204. The normalized spacial score (nSPS) is 10.2. The molecule has 0 saturated carbocycles. The maximum absolute atomic E-state index is 11.9. The SMILES string of the molecule is COc1ccc(CCC(=O)OCC(=O)Nc2cc(Cl)ccc2C)cc1. The van der Waals surface area contributed by atoms with Crippen LogP contribution in [0.3, 0.4) is 0 Å². The summed E-state index contributed by atoms with van der Waals surface area (Å²) < 4.78 is 10.1. The molecule has 0 saturated heterocycles. The molecule has 132 valence electrons. The highest BCUT2D eigenvalue weighted by molar-refractivity contribution is 6.31. The van der Waals surface area contributed by atoms with Gasteiger partial charge in [0.2, 0.25) is 0 Å². The van der Waals surface area contributed by atoms with Gasteiger partial charge in [-0.1, -0.05) is 29.8 Å². The van der Waals surface area contributed by atoms with E-state index in [1.54, 1.807) is 25.3 Å². The van der Waals surface area contributed by atoms with E-state index in [1.807, 2.05) is 31.2 Å². The number of methoxy groups -OCH3 is 1. The molecule has 6 heteroatoms. The predicted octanol–water partition coefficient (Wildman–Crippen LogP) is 3.77. The minimum Gasteiger partial charge on any atom is -0.497 e. The van der Waals surface area contributed by atoms with Crippen molar-refractivity contribution in [2.45, 2.75) is 19.8 Å². The summed E-state index contributed by atoms with van der Waals surface area (Å²) in [5.41, 5.74) is 2.48. The summed E-state index contributed by atoms with van der Waals surface area (Å²) in [4.78, 5) is 23.6. The van der Waals surface area contributed by atoms with Crippen LogP contribution in [0.1, 0.15) is 17.5 Å². The van der Waals surface area contributed by atoms with E-state index < -0.39 is 11.9 Å². The van der Waals surface area contributed by atoms with Crippen LogP contribution in [-0.4, -0.2) is 25.6 Å². The van der Waals surface area contributed by atoms with Gasteiger partial charge in [0.05, 0.1) is 7.11 Å². The average Bonchev–Trinajstić information content (AvgIpc) is 2.61. The van der Waals surface area contributed by atoms with Gasteiger partial charge < -0.3 is 14.8 Å². The Kier molecular flexibility index (Phi) is 6.83. The van der Waals surface area contributed by atoms with Crippen molar-refractivity contribution in [3.63, 3.8) is 0 Å². The van der Waals surface area contributed by atoms with Crippen LogP contribution in [0, 0.1) is 6.92 Å². The lowest BCUT2D eigenvalue weighted by Crippen LogP contribution is -2.21. The molecule has 2 aromatic rings. The van der Waals surface area contributed by atoms with E-state index >= 15 is 0 Å². The first-order valence-corrected chi connectivity index (χ1v) is 8.20. The number of esters is 1. The van der Waals surface area contributed by atoms with Crippen molar-refractivity contribution in [3.8, 4) is 5.75 Å². The third-order valence-corrected chi connectivity index (χ3v) is 3.85. The van der Waals surface area contributed by atoms with Gasteiger partial charge in [-0.05, 0) is 48.7 Å². The number of aryl methyl sites for hydroxylation is 2. The molecule has 1 amide bonds. The Labute approximate surface area is 151 Å². The smallest absolute Gasteiger partial charge is 0.306 e. The van der Waals surface area contributed by atoms with Crippen molar-refractivity contribution in [1.82, 2.24) is 0 Å². The number of anilines is 1. The largest absolute Gasteiger partial charge is 0.497 e. The topological polar surface area (TPSA) is 64.6 Å². The van der Waals surface area contributed by atoms with E-state index in [4.69, 9.17) is 21.1 Å². The van der Waals surface area contributed by atoms with E-state index in [2.05, 4.69) is 5.32 Å². The van der Waals surface area contributed by atoms with Crippen molar-refractivity contribution in [3.05, 3.63) is 58.6 Å². The predicted molar refractivity (Wildman–Crippen MR) is 97.1 cm³/mol. The number of carbonyl (C=O) groups is 2. The third-order valence-electron chi connectivity index (χ3n) is 3.61. The quantitative estimate of drug-likeness (QED) is 0.762. The fourth-order valence-corrected chi connectivity index (χ4v) is 2.34. The molecule has 0 aliphatic carbocycles. The van der Waals surface area contributed by atoms with E-state index in [0.717, 1.165) is 16.9 Å². The van der Waals surface area contributed by atoms with Crippen LogP contribution in [0.25, 0.3) is 0 Å². The van der Waals surface area contributed by atoms with Gasteiger partial charge in [-0.15, -0.1) is 0 Å². The molecule has 0 spiro atoms. The maximum Gasteiger partial charge on any atom is 0.306 e. The van der Waals surface area contributed by atoms with Crippen LogP contribution in [0.4, 0.5) is 5.69 Å². The summed E-state index contributed by atoms with van der Waals surface area (Å²) in [5, 5.41) is 3.20.